The smallest absolute Gasteiger partial charge is 0.130 e. The van der Waals surface area contributed by atoms with Crippen LogP contribution < -0.4 is 5.73 Å². The molecule has 2 N–H and O–H groups in total. The molecule has 0 unspecified atom stereocenters. The van der Waals surface area contributed by atoms with E-state index < -0.39 is 5.82 Å². The van der Waals surface area contributed by atoms with Gasteiger partial charge in [0.15, 0.2) is 0 Å². The third-order valence-electron chi connectivity index (χ3n) is 1.59. The van der Waals surface area contributed by atoms with Gasteiger partial charge in [0.1, 0.15) is 16.9 Å². The Morgan fingerprint density at radius 3 is 2.64 bits per heavy atom. The fourth-order valence-corrected chi connectivity index (χ4v) is 1.01. The summed E-state index contributed by atoms with van der Waals surface area (Å²) in [5.74, 6) is -0.406. The molecule has 0 heterocycles. The van der Waals surface area contributed by atoms with Gasteiger partial charge in [0, 0.05) is 5.56 Å². The lowest BCUT2D eigenvalue weighted by Gasteiger charge is -1.97. The number of rotatable bonds is 2. The van der Waals surface area contributed by atoms with E-state index in [2.05, 4.69) is 12.2 Å². The summed E-state index contributed by atoms with van der Waals surface area (Å²) in [4.78, 5) is -0.0317. The van der Waals surface area contributed by atoms with Crippen LogP contribution in [0, 0.1) is 17.1 Å². The van der Waals surface area contributed by atoms with Crippen LogP contribution in [0.4, 0.5) is 4.39 Å². The molecular formula is C10H7FN2S. The Hall–Kier alpha value is -1.73. The van der Waals surface area contributed by atoms with Crippen molar-refractivity contribution < 1.29 is 4.39 Å². The van der Waals surface area contributed by atoms with Crippen molar-refractivity contribution in [2.45, 2.75) is 0 Å². The monoisotopic (exact) mass is 206 g/mol. The molecule has 1 rings (SSSR count). The molecule has 4 heteroatoms. The topological polar surface area (TPSA) is 49.8 Å². The van der Waals surface area contributed by atoms with Crippen LogP contribution >= 0.6 is 12.2 Å². The van der Waals surface area contributed by atoms with Crippen LogP contribution in [-0.4, -0.2) is 4.99 Å². The molecule has 0 aromatic heterocycles. The first-order valence-electron chi connectivity index (χ1n) is 3.81. The predicted octanol–water partition coefficient (Wildman–Crippen LogP) is 2.02. The molecule has 2 nitrogen and oxygen atoms in total. The zero-order valence-corrected chi connectivity index (χ0v) is 8.01. The average molecular weight is 206 g/mol. The van der Waals surface area contributed by atoms with E-state index in [1.54, 1.807) is 24.3 Å². The molecule has 0 aliphatic heterocycles. The SMILES string of the molecule is N#C/C(=C/c1ccccc1F)C(N)=S. The summed E-state index contributed by atoms with van der Waals surface area (Å²) in [6.07, 6.45) is 1.33. The van der Waals surface area contributed by atoms with Gasteiger partial charge in [0.2, 0.25) is 0 Å². The summed E-state index contributed by atoms with van der Waals surface area (Å²) in [6, 6.07) is 7.90. The van der Waals surface area contributed by atoms with Crippen molar-refractivity contribution in [1.82, 2.24) is 0 Å². The van der Waals surface area contributed by atoms with Crippen LogP contribution in [0.5, 0.6) is 0 Å². The Morgan fingerprint density at radius 2 is 2.14 bits per heavy atom. The van der Waals surface area contributed by atoms with Gasteiger partial charge in [-0.3, -0.25) is 0 Å². The van der Waals surface area contributed by atoms with E-state index >= 15 is 0 Å². The van der Waals surface area contributed by atoms with Gasteiger partial charge in [0.05, 0.1) is 5.57 Å². The third kappa shape index (κ3) is 2.38. The third-order valence-corrected chi connectivity index (χ3v) is 1.81. The molecule has 0 bridgehead atoms. The summed E-state index contributed by atoms with van der Waals surface area (Å²) in [6.45, 7) is 0. The van der Waals surface area contributed by atoms with Crippen molar-refractivity contribution in [2.75, 3.05) is 0 Å². The van der Waals surface area contributed by atoms with Gasteiger partial charge in [-0.2, -0.15) is 5.26 Å². The molecular weight excluding hydrogens is 199 g/mol. The molecule has 0 fully saturated rings. The maximum atomic E-state index is 13.1. The molecule has 14 heavy (non-hydrogen) atoms. The minimum atomic E-state index is -0.406. The molecule has 1 aromatic rings. The largest absolute Gasteiger partial charge is 0.389 e. The lowest BCUT2D eigenvalue weighted by atomic mass is 10.1. The van der Waals surface area contributed by atoms with E-state index in [9.17, 15) is 4.39 Å². The van der Waals surface area contributed by atoms with Crippen LogP contribution in [0.15, 0.2) is 29.8 Å². The fourth-order valence-electron chi connectivity index (χ4n) is 0.906. The van der Waals surface area contributed by atoms with Crippen molar-refractivity contribution in [3.63, 3.8) is 0 Å². The van der Waals surface area contributed by atoms with E-state index in [-0.39, 0.29) is 10.6 Å². The number of hydrogen-bond donors (Lipinski definition) is 1. The first kappa shape index (κ1) is 10.4. The normalized spacial score (nSPS) is 10.7. The van der Waals surface area contributed by atoms with Gasteiger partial charge in [-0.25, -0.2) is 4.39 Å². The van der Waals surface area contributed by atoms with Crippen molar-refractivity contribution >= 4 is 23.3 Å². The molecule has 70 valence electrons. The molecule has 1 aromatic carbocycles. The highest BCUT2D eigenvalue weighted by Crippen LogP contribution is 2.11. The second-order valence-electron chi connectivity index (χ2n) is 2.56. The zero-order chi connectivity index (χ0) is 10.6. The minimum Gasteiger partial charge on any atom is -0.389 e. The first-order valence-corrected chi connectivity index (χ1v) is 4.22. The van der Waals surface area contributed by atoms with E-state index in [4.69, 9.17) is 11.0 Å². The van der Waals surface area contributed by atoms with Gasteiger partial charge in [-0.1, -0.05) is 30.4 Å². The molecule has 0 spiro atoms. The predicted molar refractivity (Wildman–Crippen MR) is 56.8 cm³/mol. The Kier molecular flexibility index (Phi) is 3.32. The van der Waals surface area contributed by atoms with Crippen LogP contribution in [0.2, 0.25) is 0 Å². The number of thiocarbonyl (C=S) groups is 1. The van der Waals surface area contributed by atoms with E-state index in [1.165, 1.54) is 12.1 Å². The molecule has 0 saturated heterocycles. The van der Waals surface area contributed by atoms with Crippen molar-refractivity contribution in [3.8, 4) is 6.07 Å². The highest BCUT2D eigenvalue weighted by Gasteiger charge is 2.02. The second-order valence-corrected chi connectivity index (χ2v) is 3.00. The number of nitriles is 1. The number of nitrogens with zero attached hydrogens (tertiary/aromatic N) is 1. The molecule has 0 atom stereocenters. The summed E-state index contributed by atoms with van der Waals surface area (Å²) >= 11 is 4.62. The van der Waals surface area contributed by atoms with E-state index in [0.717, 1.165) is 0 Å². The van der Waals surface area contributed by atoms with Crippen LogP contribution in [0.1, 0.15) is 5.56 Å². The molecule has 0 aliphatic rings. The highest BCUT2D eigenvalue weighted by molar-refractivity contribution is 7.80. The number of halogens is 1. The first-order chi connectivity index (χ1) is 6.65. The summed E-state index contributed by atoms with van der Waals surface area (Å²) in [7, 11) is 0. The fraction of sp³-hybridized carbons (Fsp3) is 0. The molecule has 0 saturated carbocycles. The molecule has 0 aliphatic carbocycles. The van der Waals surface area contributed by atoms with Crippen LogP contribution in [-0.2, 0) is 0 Å². The van der Waals surface area contributed by atoms with Crippen molar-refractivity contribution in [3.05, 3.63) is 41.2 Å². The zero-order valence-electron chi connectivity index (χ0n) is 7.20. The number of nitrogens with two attached hydrogens (primary N) is 1. The van der Waals surface area contributed by atoms with Gasteiger partial charge in [-0.05, 0) is 12.1 Å². The Labute approximate surface area is 86.5 Å². The average Bonchev–Trinajstić information content (AvgIpc) is 2.16. The molecule has 0 radical (unpaired) electrons. The highest BCUT2D eigenvalue weighted by atomic mass is 32.1. The summed E-state index contributed by atoms with van der Waals surface area (Å²) < 4.78 is 13.1. The van der Waals surface area contributed by atoms with E-state index in [1.807, 2.05) is 0 Å². The quantitative estimate of drug-likeness (QED) is 0.457. The van der Waals surface area contributed by atoms with Crippen LogP contribution in [0.25, 0.3) is 6.08 Å². The van der Waals surface area contributed by atoms with Crippen molar-refractivity contribution in [2.24, 2.45) is 5.73 Å². The number of hydrogen-bond acceptors (Lipinski definition) is 2. The maximum absolute atomic E-state index is 13.1. The standard InChI is InChI=1S/C10H7FN2S/c11-9-4-2-1-3-7(9)5-8(6-12)10(13)14/h1-5H,(H2,13,14)/b8-5-. The lowest BCUT2D eigenvalue weighted by molar-refractivity contribution is 0.625. The number of benzene rings is 1. The van der Waals surface area contributed by atoms with E-state index in [0.29, 0.717) is 5.56 Å². The maximum Gasteiger partial charge on any atom is 0.130 e. The lowest BCUT2D eigenvalue weighted by Crippen LogP contribution is -2.09. The summed E-state index contributed by atoms with van der Waals surface area (Å²) in [5.41, 5.74) is 5.67. The minimum absolute atomic E-state index is 0.0317. The van der Waals surface area contributed by atoms with Crippen molar-refractivity contribution in [1.29, 1.82) is 5.26 Å². The Balaban J connectivity index is 3.15. The van der Waals surface area contributed by atoms with Gasteiger partial charge in [0.25, 0.3) is 0 Å². The Morgan fingerprint density at radius 1 is 1.50 bits per heavy atom. The van der Waals surface area contributed by atoms with Crippen LogP contribution in [0.3, 0.4) is 0 Å². The summed E-state index contributed by atoms with van der Waals surface area (Å²) in [5, 5.41) is 8.64. The second kappa shape index (κ2) is 4.49. The van der Waals surface area contributed by atoms with Gasteiger partial charge >= 0.3 is 0 Å². The van der Waals surface area contributed by atoms with Gasteiger partial charge < -0.3 is 5.73 Å². The Bertz CT molecular complexity index is 432. The van der Waals surface area contributed by atoms with Gasteiger partial charge in [-0.15, -0.1) is 0 Å². The molecule has 0 amide bonds.